The van der Waals surface area contributed by atoms with Gasteiger partial charge in [-0.2, -0.15) is 0 Å². The van der Waals surface area contributed by atoms with E-state index in [4.69, 9.17) is 0 Å². The summed E-state index contributed by atoms with van der Waals surface area (Å²) in [6, 6.07) is 12.5. The molecule has 0 bridgehead atoms. The van der Waals surface area contributed by atoms with Crippen LogP contribution in [0.5, 0.6) is 0 Å². The van der Waals surface area contributed by atoms with Crippen LogP contribution in [0.1, 0.15) is 24.0 Å². The second kappa shape index (κ2) is 7.46. The van der Waals surface area contributed by atoms with Crippen LogP contribution in [0.25, 0.3) is 10.2 Å². The van der Waals surface area contributed by atoms with Crippen LogP contribution in [0, 0.1) is 12.8 Å². The SMILES string of the molecule is Cc1ccc(CNC(=O)C2CCN(c3ccnc4ccsc34)CC2)cc1. The molecule has 0 spiro atoms. The number of pyridine rings is 1. The number of thiophene rings is 1. The van der Waals surface area contributed by atoms with E-state index in [-0.39, 0.29) is 11.8 Å². The Morgan fingerprint density at radius 3 is 2.73 bits per heavy atom. The van der Waals surface area contributed by atoms with Crippen molar-refractivity contribution in [2.24, 2.45) is 5.92 Å². The highest BCUT2D eigenvalue weighted by Gasteiger charge is 2.25. The van der Waals surface area contributed by atoms with E-state index in [1.54, 1.807) is 11.3 Å². The smallest absolute Gasteiger partial charge is 0.223 e. The summed E-state index contributed by atoms with van der Waals surface area (Å²) in [5.74, 6) is 0.290. The van der Waals surface area contributed by atoms with Gasteiger partial charge in [-0.3, -0.25) is 9.78 Å². The van der Waals surface area contributed by atoms with Crippen molar-refractivity contribution < 1.29 is 4.79 Å². The van der Waals surface area contributed by atoms with Crippen molar-refractivity contribution in [2.45, 2.75) is 26.3 Å². The van der Waals surface area contributed by atoms with E-state index in [0.717, 1.165) is 37.0 Å². The van der Waals surface area contributed by atoms with Gasteiger partial charge in [0.25, 0.3) is 0 Å². The van der Waals surface area contributed by atoms with E-state index in [0.29, 0.717) is 6.54 Å². The number of amides is 1. The van der Waals surface area contributed by atoms with Crippen LogP contribution in [0.4, 0.5) is 5.69 Å². The highest BCUT2D eigenvalue weighted by atomic mass is 32.1. The molecular formula is C21H23N3OS. The minimum atomic E-state index is 0.109. The molecule has 1 aliphatic heterocycles. The Kier molecular flexibility index (Phi) is 4.89. The fourth-order valence-corrected chi connectivity index (χ4v) is 4.42. The Morgan fingerprint density at radius 2 is 1.96 bits per heavy atom. The van der Waals surface area contributed by atoms with Crippen molar-refractivity contribution >= 4 is 33.1 Å². The molecule has 3 heterocycles. The average Bonchev–Trinajstić information content (AvgIpc) is 3.16. The number of fused-ring (bicyclic) bond motifs is 1. The van der Waals surface area contributed by atoms with E-state index in [1.807, 2.05) is 6.20 Å². The summed E-state index contributed by atoms with van der Waals surface area (Å²) in [5.41, 5.74) is 4.70. The number of aryl methyl sites for hydroxylation is 1. The Morgan fingerprint density at radius 1 is 1.19 bits per heavy atom. The van der Waals surface area contributed by atoms with Crippen molar-refractivity contribution in [1.29, 1.82) is 0 Å². The summed E-state index contributed by atoms with van der Waals surface area (Å²) in [5, 5.41) is 5.19. The van der Waals surface area contributed by atoms with Gasteiger partial charge in [0.1, 0.15) is 0 Å². The summed E-state index contributed by atoms with van der Waals surface area (Å²) in [4.78, 5) is 19.3. The Bertz CT molecular complexity index is 895. The molecule has 4 rings (SSSR count). The first-order valence-electron chi connectivity index (χ1n) is 9.11. The lowest BCUT2D eigenvalue weighted by atomic mass is 9.95. The van der Waals surface area contributed by atoms with Gasteiger partial charge in [-0.05, 0) is 42.8 Å². The normalized spacial score (nSPS) is 15.3. The number of hydrogen-bond donors (Lipinski definition) is 1. The predicted octanol–water partition coefficient (Wildman–Crippen LogP) is 4.14. The molecule has 1 fully saturated rings. The highest BCUT2D eigenvalue weighted by Crippen LogP contribution is 2.32. The minimum absolute atomic E-state index is 0.109. The van der Waals surface area contributed by atoms with E-state index in [1.165, 1.54) is 16.0 Å². The number of aromatic nitrogens is 1. The van der Waals surface area contributed by atoms with Crippen LogP contribution >= 0.6 is 11.3 Å². The third-order valence-corrected chi connectivity index (χ3v) is 6.04. The van der Waals surface area contributed by atoms with Crippen molar-refractivity contribution in [1.82, 2.24) is 10.3 Å². The van der Waals surface area contributed by atoms with Gasteiger partial charge in [0.2, 0.25) is 5.91 Å². The third-order valence-electron chi connectivity index (χ3n) is 5.12. The zero-order chi connectivity index (χ0) is 17.9. The molecule has 0 unspecified atom stereocenters. The number of benzene rings is 1. The van der Waals surface area contributed by atoms with Crippen LogP contribution < -0.4 is 10.2 Å². The molecule has 0 saturated carbocycles. The monoisotopic (exact) mass is 365 g/mol. The molecule has 1 N–H and O–H groups in total. The molecule has 4 nitrogen and oxygen atoms in total. The lowest BCUT2D eigenvalue weighted by Gasteiger charge is -2.33. The molecule has 1 amide bonds. The molecule has 134 valence electrons. The number of rotatable bonds is 4. The number of nitrogens with one attached hydrogen (secondary N) is 1. The predicted molar refractivity (Wildman–Crippen MR) is 108 cm³/mol. The average molecular weight is 366 g/mol. The lowest BCUT2D eigenvalue weighted by molar-refractivity contribution is -0.125. The van der Waals surface area contributed by atoms with Gasteiger partial charge >= 0.3 is 0 Å². The van der Waals surface area contributed by atoms with Crippen molar-refractivity contribution in [3.05, 3.63) is 59.1 Å². The fourth-order valence-electron chi connectivity index (χ4n) is 3.53. The van der Waals surface area contributed by atoms with Crippen LogP contribution in [0.2, 0.25) is 0 Å². The van der Waals surface area contributed by atoms with E-state index < -0.39 is 0 Å². The summed E-state index contributed by atoms with van der Waals surface area (Å²) < 4.78 is 1.25. The maximum absolute atomic E-state index is 12.5. The highest BCUT2D eigenvalue weighted by molar-refractivity contribution is 7.17. The van der Waals surface area contributed by atoms with Gasteiger partial charge in [-0.15, -0.1) is 11.3 Å². The largest absolute Gasteiger partial charge is 0.370 e. The number of carbonyl (C=O) groups is 1. The quantitative estimate of drug-likeness (QED) is 0.756. The van der Waals surface area contributed by atoms with E-state index >= 15 is 0 Å². The topological polar surface area (TPSA) is 45.2 Å². The van der Waals surface area contributed by atoms with Crippen molar-refractivity contribution in [3.8, 4) is 0 Å². The Labute approximate surface area is 157 Å². The molecule has 1 aromatic carbocycles. The number of anilines is 1. The second-order valence-corrected chi connectivity index (χ2v) is 7.85. The van der Waals surface area contributed by atoms with Crippen molar-refractivity contribution in [2.75, 3.05) is 18.0 Å². The summed E-state index contributed by atoms with van der Waals surface area (Å²) in [7, 11) is 0. The van der Waals surface area contributed by atoms with Crippen LogP contribution in [0.15, 0.2) is 48.0 Å². The molecule has 5 heteroatoms. The summed E-state index contributed by atoms with van der Waals surface area (Å²) >= 11 is 1.74. The van der Waals surface area contributed by atoms with Gasteiger partial charge < -0.3 is 10.2 Å². The minimum Gasteiger partial charge on any atom is -0.370 e. The molecule has 1 saturated heterocycles. The fraction of sp³-hybridized carbons (Fsp3) is 0.333. The Hall–Kier alpha value is -2.40. The third kappa shape index (κ3) is 3.58. The number of nitrogens with zero attached hydrogens (tertiary/aromatic N) is 2. The standard InChI is InChI=1S/C21H23N3OS/c1-15-2-4-16(5-3-15)14-23-21(25)17-7-11-24(12-8-17)19-6-10-22-18-9-13-26-20(18)19/h2-6,9-10,13,17H,7-8,11-12,14H2,1H3,(H,23,25). The first kappa shape index (κ1) is 17.0. The van der Waals surface area contributed by atoms with E-state index in [2.05, 4.69) is 63.9 Å². The van der Waals surface area contributed by atoms with Gasteiger partial charge in [0.15, 0.2) is 0 Å². The van der Waals surface area contributed by atoms with Crippen LogP contribution in [-0.4, -0.2) is 24.0 Å². The van der Waals surface area contributed by atoms with Gasteiger partial charge in [0.05, 0.1) is 15.9 Å². The lowest BCUT2D eigenvalue weighted by Crippen LogP contribution is -2.40. The van der Waals surface area contributed by atoms with Gasteiger partial charge in [-0.1, -0.05) is 29.8 Å². The van der Waals surface area contributed by atoms with Crippen LogP contribution in [-0.2, 0) is 11.3 Å². The first-order valence-corrected chi connectivity index (χ1v) is 9.99. The number of carbonyl (C=O) groups excluding carboxylic acids is 1. The molecule has 2 aromatic heterocycles. The summed E-state index contributed by atoms with van der Waals surface area (Å²) in [6.07, 6.45) is 3.68. The van der Waals surface area contributed by atoms with Crippen molar-refractivity contribution in [3.63, 3.8) is 0 Å². The Balaban J connectivity index is 1.33. The van der Waals surface area contributed by atoms with E-state index in [9.17, 15) is 4.79 Å². The molecule has 0 aliphatic carbocycles. The zero-order valence-electron chi connectivity index (χ0n) is 14.9. The van der Waals surface area contributed by atoms with Gasteiger partial charge in [0, 0.05) is 31.7 Å². The molecule has 0 radical (unpaired) electrons. The first-order chi connectivity index (χ1) is 12.7. The summed E-state index contributed by atoms with van der Waals surface area (Å²) in [6.45, 7) is 4.52. The zero-order valence-corrected chi connectivity index (χ0v) is 15.8. The number of piperidine rings is 1. The maximum atomic E-state index is 12.5. The molecule has 26 heavy (non-hydrogen) atoms. The molecule has 3 aromatic rings. The van der Waals surface area contributed by atoms with Crippen LogP contribution in [0.3, 0.4) is 0 Å². The molecular weight excluding hydrogens is 342 g/mol. The van der Waals surface area contributed by atoms with Gasteiger partial charge in [-0.25, -0.2) is 0 Å². The second-order valence-electron chi connectivity index (χ2n) is 6.93. The molecule has 1 aliphatic rings. The maximum Gasteiger partial charge on any atom is 0.223 e. The number of hydrogen-bond acceptors (Lipinski definition) is 4. The molecule has 0 atom stereocenters.